The van der Waals surface area contributed by atoms with Gasteiger partial charge in [-0.1, -0.05) is 19.0 Å². The minimum atomic E-state index is 0.390. The first-order valence-corrected chi connectivity index (χ1v) is 3.63. The lowest BCUT2D eigenvalue weighted by Crippen LogP contribution is -1.81. The van der Waals surface area contributed by atoms with Crippen LogP contribution in [0.5, 0.6) is 0 Å². The molecule has 0 atom stereocenters. The zero-order valence-electron chi connectivity index (χ0n) is 7.03. The predicted octanol–water partition coefficient (Wildman–Crippen LogP) is 1.85. The molecule has 0 fully saturated rings. The summed E-state index contributed by atoms with van der Waals surface area (Å²) in [6, 6.07) is 1.90. The molecule has 3 nitrogen and oxygen atoms in total. The predicted molar refractivity (Wildman–Crippen MR) is 44.1 cm³/mol. The maximum absolute atomic E-state index is 5.04. The van der Waals surface area contributed by atoms with Crippen LogP contribution in [0.25, 0.3) is 0 Å². The summed E-state index contributed by atoms with van der Waals surface area (Å²) in [6.07, 6.45) is 1.68. The van der Waals surface area contributed by atoms with Crippen molar-refractivity contribution < 1.29 is 4.52 Å². The second-order valence-corrected chi connectivity index (χ2v) is 2.70. The first-order chi connectivity index (χ1) is 5.24. The molecule has 60 valence electrons. The van der Waals surface area contributed by atoms with Crippen LogP contribution in [0, 0.1) is 0 Å². The Morgan fingerprint density at radius 1 is 1.64 bits per heavy atom. The number of hydrogen-bond donors (Lipinski definition) is 0. The summed E-state index contributed by atoms with van der Waals surface area (Å²) in [4.78, 5) is 3.83. The fraction of sp³-hybridized carbons (Fsp3) is 0.500. The molecular weight excluding hydrogens is 140 g/mol. The number of nitrogens with zero attached hydrogens (tertiary/aromatic N) is 2. The van der Waals surface area contributed by atoms with Crippen molar-refractivity contribution in [3.63, 3.8) is 0 Å². The van der Waals surface area contributed by atoms with Crippen LogP contribution in [0.4, 0.5) is 0 Å². The molecule has 0 N–H and O–H groups in total. The van der Waals surface area contributed by atoms with Crippen LogP contribution in [-0.2, 0) is 0 Å². The van der Waals surface area contributed by atoms with E-state index in [1.54, 1.807) is 13.3 Å². The van der Waals surface area contributed by atoms with Gasteiger partial charge < -0.3 is 4.52 Å². The molecule has 0 aromatic carbocycles. The second-order valence-electron chi connectivity index (χ2n) is 2.70. The van der Waals surface area contributed by atoms with Crippen molar-refractivity contribution in [2.24, 2.45) is 4.99 Å². The third kappa shape index (κ3) is 1.90. The molecule has 0 saturated heterocycles. The Morgan fingerprint density at radius 2 is 2.36 bits per heavy atom. The molecule has 0 amide bonds. The Labute approximate surface area is 66.1 Å². The molecule has 0 aliphatic heterocycles. The molecule has 11 heavy (non-hydrogen) atoms. The Bertz CT molecular complexity index is 250. The van der Waals surface area contributed by atoms with Gasteiger partial charge in [0, 0.05) is 19.0 Å². The van der Waals surface area contributed by atoms with Gasteiger partial charge in [-0.3, -0.25) is 4.99 Å². The van der Waals surface area contributed by atoms with E-state index in [-0.39, 0.29) is 0 Å². The van der Waals surface area contributed by atoms with Gasteiger partial charge in [0.2, 0.25) is 0 Å². The van der Waals surface area contributed by atoms with E-state index in [0.29, 0.717) is 5.92 Å². The van der Waals surface area contributed by atoms with E-state index in [1.807, 2.05) is 6.07 Å². The van der Waals surface area contributed by atoms with Gasteiger partial charge in [-0.25, -0.2) is 0 Å². The van der Waals surface area contributed by atoms with Gasteiger partial charge >= 0.3 is 0 Å². The molecular formula is C8H12N2O. The number of aliphatic imine (C=N–C) groups is 1. The summed E-state index contributed by atoms with van der Waals surface area (Å²) in [5, 5.41) is 3.80. The highest BCUT2D eigenvalue weighted by Crippen LogP contribution is 2.13. The molecule has 0 spiro atoms. The van der Waals surface area contributed by atoms with Crippen molar-refractivity contribution in [1.29, 1.82) is 0 Å². The van der Waals surface area contributed by atoms with E-state index in [0.717, 1.165) is 11.5 Å². The number of hydrogen-bond acceptors (Lipinski definition) is 3. The van der Waals surface area contributed by atoms with E-state index >= 15 is 0 Å². The molecule has 1 rings (SSSR count). The largest absolute Gasteiger partial charge is 0.360 e. The highest BCUT2D eigenvalue weighted by molar-refractivity contribution is 5.76. The molecule has 3 heteroatoms. The minimum absolute atomic E-state index is 0.390. The zero-order chi connectivity index (χ0) is 8.27. The Kier molecular flexibility index (Phi) is 2.41. The fourth-order valence-electron chi connectivity index (χ4n) is 0.769. The fourth-order valence-corrected chi connectivity index (χ4v) is 0.769. The topological polar surface area (TPSA) is 38.4 Å². The summed E-state index contributed by atoms with van der Waals surface area (Å²) < 4.78 is 5.04. The first-order valence-electron chi connectivity index (χ1n) is 3.63. The Morgan fingerprint density at radius 3 is 2.82 bits per heavy atom. The van der Waals surface area contributed by atoms with E-state index in [2.05, 4.69) is 24.0 Å². The third-order valence-electron chi connectivity index (χ3n) is 1.38. The Balaban J connectivity index is 2.81. The smallest absolute Gasteiger partial charge is 0.139 e. The lowest BCUT2D eigenvalue weighted by Gasteiger charge is -1.92. The SMILES string of the molecule is CN=Cc1cc(C(C)C)on1. The average molecular weight is 152 g/mol. The van der Waals surface area contributed by atoms with E-state index in [1.165, 1.54) is 0 Å². The third-order valence-corrected chi connectivity index (χ3v) is 1.38. The van der Waals surface area contributed by atoms with Gasteiger partial charge in [0.15, 0.2) is 0 Å². The first kappa shape index (κ1) is 7.98. The number of aromatic nitrogens is 1. The van der Waals surface area contributed by atoms with Crippen molar-refractivity contribution in [2.45, 2.75) is 19.8 Å². The second kappa shape index (κ2) is 3.32. The summed E-state index contributed by atoms with van der Waals surface area (Å²) in [5.74, 6) is 1.29. The maximum atomic E-state index is 5.04. The van der Waals surface area contributed by atoms with Gasteiger partial charge in [0.05, 0.1) is 6.21 Å². The maximum Gasteiger partial charge on any atom is 0.139 e. The molecule has 0 aliphatic carbocycles. The van der Waals surface area contributed by atoms with Gasteiger partial charge in [-0.2, -0.15) is 0 Å². The van der Waals surface area contributed by atoms with Crippen molar-refractivity contribution in [3.05, 3.63) is 17.5 Å². The average Bonchev–Trinajstić information content (AvgIpc) is 2.37. The van der Waals surface area contributed by atoms with Gasteiger partial charge in [0.25, 0.3) is 0 Å². The van der Waals surface area contributed by atoms with Crippen LogP contribution in [0.3, 0.4) is 0 Å². The van der Waals surface area contributed by atoms with Gasteiger partial charge in [0.1, 0.15) is 11.5 Å². The van der Waals surface area contributed by atoms with Crippen molar-refractivity contribution >= 4 is 6.21 Å². The highest BCUT2D eigenvalue weighted by atomic mass is 16.5. The monoisotopic (exact) mass is 152 g/mol. The summed E-state index contributed by atoms with van der Waals surface area (Å²) in [6.45, 7) is 4.13. The van der Waals surface area contributed by atoms with Crippen LogP contribution >= 0.6 is 0 Å². The van der Waals surface area contributed by atoms with Gasteiger partial charge in [-0.05, 0) is 0 Å². The van der Waals surface area contributed by atoms with Crippen LogP contribution in [0.2, 0.25) is 0 Å². The molecule has 0 saturated carbocycles. The van der Waals surface area contributed by atoms with Crippen LogP contribution in [0.15, 0.2) is 15.6 Å². The molecule has 0 radical (unpaired) electrons. The minimum Gasteiger partial charge on any atom is -0.360 e. The lowest BCUT2D eigenvalue weighted by atomic mass is 10.1. The standard InChI is InChI=1S/C8H12N2O/c1-6(2)8-4-7(5-9-3)10-11-8/h4-6H,1-3H3. The summed E-state index contributed by atoms with van der Waals surface area (Å²) >= 11 is 0. The molecule has 1 heterocycles. The van der Waals surface area contributed by atoms with Crippen LogP contribution < -0.4 is 0 Å². The van der Waals surface area contributed by atoms with E-state index in [9.17, 15) is 0 Å². The van der Waals surface area contributed by atoms with Crippen LogP contribution in [0.1, 0.15) is 31.2 Å². The van der Waals surface area contributed by atoms with Gasteiger partial charge in [-0.15, -0.1) is 0 Å². The summed E-state index contributed by atoms with van der Waals surface area (Å²) in [7, 11) is 1.71. The normalized spacial score (nSPS) is 11.6. The van der Waals surface area contributed by atoms with Crippen LogP contribution in [-0.4, -0.2) is 18.4 Å². The zero-order valence-corrected chi connectivity index (χ0v) is 7.03. The molecule has 0 bridgehead atoms. The van der Waals surface area contributed by atoms with Crippen molar-refractivity contribution in [3.8, 4) is 0 Å². The molecule has 1 aromatic heterocycles. The molecule has 0 unspecified atom stereocenters. The van der Waals surface area contributed by atoms with Crippen molar-refractivity contribution in [2.75, 3.05) is 7.05 Å². The lowest BCUT2D eigenvalue weighted by molar-refractivity contribution is 0.370. The van der Waals surface area contributed by atoms with E-state index in [4.69, 9.17) is 4.52 Å². The molecule has 1 aromatic rings. The number of rotatable bonds is 2. The Hall–Kier alpha value is -1.12. The quantitative estimate of drug-likeness (QED) is 0.606. The highest BCUT2D eigenvalue weighted by Gasteiger charge is 2.04. The molecule has 0 aliphatic rings. The van der Waals surface area contributed by atoms with E-state index < -0.39 is 0 Å². The van der Waals surface area contributed by atoms with Crippen molar-refractivity contribution in [1.82, 2.24) is 5.16 Å². The summed E-state index contributed by atoms with van der Waals surface area (Å²) in [5.41, 5.74) is 0.788.